The van der Waals surface area contributed by atoms with Gasteiger partial charge in [0.25, 0.3) is 0 Å². The number of rotatable bonds is 5. The maximum atomic E-state index is 9.63. The van der Waals surface area contributed by atoms with Gasteiger partial charge >= 0.3 is 0 Å². The monoisotopic (exact) mass is 221 g/mol. The minimum atomic E-state index is -1.19. The van der Waals surface area contributed by atoms with Gasteiger partial charge in [-0.1, -0.05) is 0 Å². The molecule has 15 heavy (non-hydrogen) atoms. The molecular formula is C9H19NO5. The fourth-order valence-corrected chi connectivity index (χ4v) is 1.54. The molecule has 1 aliphatic heterocycles. The van der Waals surface area contributed by atoms with Crippen LogP contribution in [0.25, 0.3) is 0 Å². The van der Waals surface area contributed by atoms with Gasteiger partial charge in [0.2, 0.25) is 0 Å². The molecule has 0 unspecified atom stereocenters. The van der Waals surface area contributed by atoms with E-state index in [0.717, 1.165) is 0 Å². The average molecular weight is 221 g/mol. The van der Waals surface area contributed by atoms with Crippen LogP contribution < -0.4 is 5.73 Å². The molecule has 6 heteroatoms. The first-order valence-corrected chi connectivity index (χ1v) is 5.13. The summed E-state index contributed by atoms with van der Waals surface area (Å²) >= 11 is 0. The van der Waals surface area contributed by atoms with Crippen LogP contribution in [0.3, 0.4) is 0 Å². The Balaban J connectivity index is 2.36. The Labute approximate surface area is 88.6 Å². The lowest BCUT2D eigenvalue weighted by Crippen LogP contribution is -2.50. The maximum absolute atomic E-state index is 9.63. The van der Waals surface area contributed by atoms with E-state index in [1.165, 1.54) is 0 Å². The van der Waals surface area contributed by atoms with E-state index in [9.17, 15) is 10.2 Å². The van der Waals surface area contributed by atoms with Gasteiger partial charge in [-0.3, -0.25) is 0 Å². The summed E-state index contributed by atoms with van der Waals surface area (Å²) in [5.74, 6) is 0. The minimum absolute atomic E-state index is 0.219. The van der Waals surface area contributed by atoms with Gasteiger partial charge in [0.15, 0.2) is 6.29 Å². The van der Waals surface area contributed by atoms with E-state index in [0.29, 0.717) is 19.6 Å². The Kier molecular flexibility index (Phi) is 5.44. The van der Waals surface area contributed by atoms with E-state index >= 15 is 0 Å². The zero-order chi connectivity index (χ0) is 11.3. The Morgan fingerprint density at radius 1 is 1.40 bits per heavy atom. The fraction of sp³-hybridized carbons (Fsp3) is 1.00. The normalized spacial score (nSPS) is 36.8. The molecule has 90 valence electrons. The molecule has 5 N–H and O–H groups in total. The van der Waals surface area contributed by atoms with Gasteiger partial charge in [0.1, 0.15) is 6.10 Å². The molecule has 0 aliphatic carbocycles. The van der Waals surface area contributed by atoms with E-state index in [1.807, 2.05) is 0 Å². The topological polar surface area (TPSA) is 105 Å². The standard InChI is InChI=1S/C9H19NO5/c10-2-1-3-14-8-7(12)4-6(5-11)15-9(8)13/h6-9,11-13H,1-5,10H2/t6-,7-,8+,9-/m0/s1. The van der Waals surface area contributed by atoms with Crippen LogP contribution in [0, 0.1) is 0 Å². The summed E-state index contributed by atoms with van der Waals surface area (Å²) < 4.78 is 10.3. The molecule has 1 fully saturated rings. The van der Waals surface area contributed by atoms with Crippen LogP contribution in [0.5, 0.6) is 0 Å². The van der Waals surface area contributed by atoms with Crippen molar-refractivity contribution in [2.45, 2.75) is 37.4 Å². The molecule has 1 saturated heterocycles. The maximum Gasteiger partial charge on any atom is 0.184 e. The summed E-state index contributed by atoms with van der Waals surface area (Å²) in [5, 5.41) is 27.9. The highest BCUT2D eigenvalue weighted by Crippen LogP contribution is 2.21. The fourth-order valence-electron chi connectivity index (χ4n) is 1.54. The first-order valence-electron chi connectivity index (χ1n) is 5.13. The van der Waals surface area contributed by atoms with E-state index in [4.69, 9.17) is 20.3 Å². The quantitative estimate of drug-likeness (QED) is 0.407. The van der Waals surface area contributed by atoms with Crippen molar-refractivity contribution in [3.8, 4) is 0 Å². The molecule has 0 amide bonds. The molecule has 0 bridgehead atoms. The van der Waals surface area contributed by atoms with Gasteiger partial charge in [-0.25, -0.2) is 0 Å². The number of aliphatic hydroxyl groups excluding tert-OH is 3. The molecule has 0 spiro atoms. The van der Waals surface area contributed by atoms with Gasteiger partial charge < -0.3 is 30.5 Å². The lowest BCUT2D eigenvalue weighted by Gasteiger charge is -2.36. The third kappa shape index (κ3) is 3.67. The Hall–Kier alpha value is -0.240. The Morgan fingerprint density at radius 2 is 2.13 bits per heavy atom. The van der Waals surface area contributed by atoms with Crippen molar-refractivity contribution < 1.29 is 24.8 Å². The lowest BCUT2D eigenvalue weighted by atomic mass is 10.0. The van der Waals surface area contributed by atoms with E-state index in [1.54, 1.807) is 0 Å². The van der Waals surface area contributed by atoms with Crippen LogP contribution >= 0.6 is 0 Å². The SMILES string of the molecule is NCCCO[C@@H]1[C@@H](O)C[C@@H](CO)O[C@@H]1O. The van der Waals surface area contributed by atoms with Crippen LogP contribution in [0.4, 0.5) is 0 Å². The summed E-state index contributed by atoms with van der Waals surface area (Å²) in [7, 11) is 0. The minimum Gasteiger partial charge on any atom is -0.394 e. The van der Waals surface area contributed by atoms with Gasteiger partial charge in [0.05, 0.1) is 18.8 Å². The predicted octanol–water partition coefficient (Wildman–Crippen LogP) is -1.82. The van der Waals surface area contributed by atoms with Crippen LogP contribution in [0.15, 0.2) is 0 Å². The second kappa shape index (κ2) is 6.37. The Morgan fingerprint density at radius 3 is 2.67 bits per heavy atom. The van der Waals surface area contributed by atoms with Crippen LogP contribution in [-0.2, 0) is 9.47 Å². The highest BCUT2D eigenvalue weighted by Gasteiger charge is 2.37. The third-order valence-electron chi connectivity index (χ3n) is 2.36. The molecule has 6 nitrogen and oxygen atoms in total. The van der Waals surface area contributed by atoms with E-state index in [-0.39, 0.29) is 13.0 Å². The third-order valence-corrected chi connectivity index (χ3v) is 2.36. The molecule has 1 rings (SSSR count). The molecule has 0 aromatic heterocycles. The molecular weight excluding hydrogens is 202 g/mol. The zero-order valence-corrected chi connectivity index (χ0v) is 8.58. The van der Waals surface area contributed by atoms with Gasteiger partial charge in [-0.05, 0) is 13.0 Å². The van der Waals surface area contributed by atoms with Crippen LogP contribution in [-0.4, -0.2) is 59.7 Å². The highest BCUT2D eigenvalue weighted by molar-refractivity contribution is 4.81. The largest absolute Gasteiger partial charge is 0.394 e. The van der Waals surface area contributed by atoms with Gasteiger partial charge in [-0.15, -0.1) is 0 Å². The first-order chi connectivity index (χ1) is 7.19. The average Bonchev–Trinajstić information content (AvgIpc) is 2.22. The number of hydrogen-bond donors (Lipinski definition) is 4. The second-order valence-corrected chi connectivity index (χ2v) is 3.61. The molecule has 4 atom stereocenters. The van der Waals surface area contributed by atoms with E-state index in [2.05, 4.69) is 0 Å². The van der Waals surface area contributed by atoms with Crippen molar-refractivity contribution in [2.24, 2.45) is 5.73 Å². The number of hydrogen-bond acceptors (Lipinski definition) is 6. The van der Waals surface area contributed by atoms with Crippen LogP contribution in [0.2, 0.25) is 0 Å². The van der Waals surface area contributed by atoms with E-state index < -0.39 is 24.6 Å². The summed E-state index contributed by atoms with van der Waals surface area (Å²) in [6.45, 7) is 0.658. The van der Waals surface area contributed by atoms with Crippen LogP contribution in [0.1, 0.15) is 12.8 Å². The molecule has 0 radical (unpaired) electrons. The zero-order valence-electron chi connectivity index (χ0n) is 8.58. The van der Waals surface area contributed by atoms with Crippen molar-refractivity contribution >= 4 is 0 Å². The smallest absolute Gasteiger partial charge is 0.184 e. The number of ether oxygens (including phenoxy) is 2. The summed E-state index contributed by atoms with van der Waals surface area (Å²) in [5.41, 5.74) is 5.29. The summed E-state index contributed by atoms with van der Waals surface area (Å²) in [4.78, 5) is 0. The van der Waals surface area contributed by atoms with Crippen molar-refractivity contribution in [2.75, 3.05) is 19.8 Å². The van der Waals surface area contributed by atoms with Crippen molar-refractivity contribution in [1.82, 2.24) is 0 Å². The highest BCUT2D eigenvalue weighted by atomic mass is 16.6. The molecule has 1 aliphatic rings. The predicted molar refractivity (Wildman–Crippen MR) is 52.0 cm³/mol. The molecule has 0 aromatic rings. The first kappa shape index (κ1) is 12.8. The Bertz CT molecular complexity index is 168. The van der Waals surface area contributed by atoms with Crippen molar-refractivity contribution in [1.29, 1.82) is 0 Å². The van der Waals surface area contributed by atoms with Crippen molar-refractivity contribution in [3.63, 3.8) is 0 Å². The molecule has 0 aromatic carbocycles. The lowest BCUT2D eigenvalue weighted by molar-refractivity contribution is -0.264. The molecule has 1 heterocycles. The number of aliphatic hydroxyl groups is 3. The van der Waals surface area contributed by atoms with Gasteiger partial charge in [-0.2, -0.15) is 0 Å². The van der Waals surface area contributed by atoms with Crippen molar-refractivity contribution in [3.05, 3.63) is 0 Å². The number of nitrogens with two attached hydrogens (primary N) is 1. The summed E-state index contributed by atoms with van der Waals surface area (Å²) in [6, 6.07) is 0. The second-order valence-electron chi connectivity index (χ2n) is 3.61. The van der Waals surface area contributed by atoms with Gasteiger partial charge in [0, 0.05) is 13.0 Å². The molecule has 0 saturated carbocycles. The summed E-state index contributed by atoms with van der Waals surface area (Å²) in [6.07, 6.45) is -2.35.